The summed E-state index contributed by atoms with van der Waals surface area (Å²) in [6, 6.07) is 1.80. The van der Waals surface area contributed by atoms with Crippen molar-refractivity contribution < 1.29 is 4.42 Å². The van der Waals surface area contributed by atoms with Crippen molar-refractivity contribution in [2.24, 2.45) is 10.7 Å². The fraction of sp³-hybridized carbons (Fsp3) is 0.471. The molecule has 1 saturated heterocycles. The first-order valence-corrected chi connectivity index (χ1v) is 8.87. The Labute approximate surface area is 152 Å². The maximum Gasteiger partial charge on any atom is 0.230 e. The van der Waals surface area contributed by atoms with Gasteiger partial charge in [0.25, 0.3) is 0 Å². The number of nitrogens with two attached hydrogens (primary N) is 1. The second-order valence-electron chi connectivity index (χ2n) is 6.10. The van der Waals surface area contributed by atoms with Crippen LogP contribution in [0.2, 0.25) is 5.02 Å². The van der Waals surface area contributed by atoms with Crippen LogP contribution in [0.25, 0.3) is 11.3 Å². The summed E-state index contributed by atoms with van der Waals surface area (Å²) in [4.78, 5) is 15.6. The predicted octanol–water partition coefficient (Wildman–Crippen LogP) is 2.91. The van der Waals surface area contributed by atoms with Crippen molar-refractivity contribution >= 4 is 23.5 Å². The molecule has 0 aliphatic carbocycles. The number of likely N-dealkylation sites (tertiary alicyclic amines) is 1. The van der Waals surface area contributed by atoms with E-state index in [1.165, 1.54) is 25.9 Å². The zero-order chi connectivity index (χ0) is 17.6. The minimum atomic E-state index is 0.307. The van der Waals surface area contributed by atoms with Gasteiger partial charge < -0.3 is 15.1 Å². The number of nitrogens with one attached hydrogen (secondary N) is 1. The van der Waals surface area contributed by atoms with Gasteiger partial charge in [-0.15, -0.1) is 0 Å². The highest BCUT2D eigenvalue weighted by Gasteiger charge is 2.13. The Morgan fingerprint density at radius 1 is 1.40 bits per heavy atom. The number of aryl methyl sites for hydroxylation is 1. The number of furan rings is 1. The number of rotatable bonds is 6. The van der Waals surface area contributed by atoms with Crippen molar-refractivity contribution in [1.29, 1.82) is 0 Å². The molecule has 0 spiro atoms. The van der Waals surface area contributed by atoms with Crippen LogP contribution in [-0.2, 0) is 0 Å². The normalized spacial score (nSPS) is 15.7. The van der Waals surface area contributed by atoms with Crippen LogP contribution in [0.15, 0.2) is 28.0 Å². The lowest BCUT2D eigenvalue weighted by Gasteiger charge is -2.13. The van der Waals surface area contributed by atoms with Crippen LogP contribution in [-0.4, -0.2) is 47.0 Å². The summed E-state index contributed by atoms with van der Waals surface area (Å²) in [5.74, 6) is 0.681. The number of anilines is 1. The van der Waals surface area contributed by atoms with Crippen LogP contribution < -0.4 is 11.1 Å². The number of halogens is 1. The van der Waals surface area contributed by atoms with Crippen LogP contribution in [0.1, 0.15) is 25.0 Å². The lowest BCUT2D eigenvalue weighted by Crippen LogP contribution is -2.25. The van der Waals surface area contributed by atoms with Gasteiger partial charge in [-0.3, -0.25) is 10.3 Å². The molecule has 2 aromatic rings. The van der Waals surface area contributed by atoms with Crippen LogP contribution in [0.3, 0.4) is 0 Å². The number of aliphatic imine (C=N–C) groups is 1. The molecule has 0 saturated carbocycles. The van der Waals surface area contributed by atoms with Crippen molar-refractivity contribution in [3.8, 4) is 11.3 Å². The predicted molar refractivity (Wildman–Crippen MR) is 99.9 cm³/mol. The van der Waals surface area contributed by atoms with E-state index in [0.29, 0.717) is 34.9 Å². The summed E-state index contributed by atoms with van der Waals surface area (Å²) >= 11 is 6.30. The molecule has 0 aromatic carbocycles. The molecule has 3 heterocycles. The van der Waals surface area contributed by atoms with Gasteiger partial charge in [-0.25, -0.2) is 9.97 Å². The lowest BCUT2D eigenvalue weighted by molar-refractivity contribution is 0.336. The molecule has 3 N–H and O–H groups in total. The summed E-state index contributed by atoms with van der Waals surface area (Å²) in [5.41, 5.74) is 8.01. The number of guanidine groups is 1. The quantitative estimate of drug-likeness (QED) is 0.466. The Morgan fingerprint density at radius 2 is 2.20 bits per heavy atom. The molecule has 25 heavy (non-hydrogen) atoms. The van der Waals surface area contributed by atoms with E-state index in [2.05, 4.69) is 25.2 Å². The molecule has 0 amide bonds. The summed E-state index contributed by atoms with van der Waals surface area (Å²) in [5, 5.41) is 3.44. The minimum Gasteiger partial charge on any atom is -0.472 e. The molecule has 0 radical (unpaired) electrons. The van der Waals surface area contributed by atoms with Crippen LogP contribution in [0.5, 0.6) is 0 Å². The summed E-state index contributed by atoms with van der Waals surface area (Å²) in [6.07, 6.45) is 6.77. The van der Waals surface area contributed by atoms with E-state index in [-0.39, 0.29) is 0 Å². The number of hydrogen-bond donors (Lipinski definition) is 2. The van der Waals surface area contributed by atoms with Crippen LogP contribution in [0.4, 0.5) is 5.95 Å². The molecule has 1 aliphatic rings. The number of hydrogen-bond acceptors (Lipinski definition) is 5. The van der Waals surface area contributed by atoms with Gasteiger partial charge in [0.1, 0.15) is 0 Å². The molecule has 8 heteroatoms. The van der Waals surface area contributed by atoms with Crippen molar-refractivity contribution in [3.63, 3.8) is 0 Å². The zero-order valence-electron chi connectivity index (χ0n) is 14.3. The summed E-state index contributed by atoms with van der Waals surface area (Å²) in [7, 11) is 0. The highest BCUT2D eigenvalue weighted by molar-refractivity contribution is 6.33. The first-order chi connectivity index (χ1) is 12.1. The molecule has 0 bridgehead atoms. The zero-order valence-corrected chi connectivity index (χ0v) is 15.1. The molecular formula is C17H23ClN6O. The Morgan fingerprint density at radius 3 is 2.92 bits per heavy atom. The van der Waals surface area contributed by atoms with Gasteiger partial charge in [0.2, 0.25) is 5.95 Å². The molecule has 7 nitrogen and oxygen atoms in total. The largest absolute Gasteiger partial charge is 0.472 e. The maximum absolute atomic E-state index is 6.30. The van der Waals surface area contributed by atoms with Gasteiger partial charge in [0, 0.05) is 12.1 Å². The number of aromatic nitrogens is 2. The first-order valence-electron chi connectivity index (χ1n) is 8.49. The van der Waals surface area contributed by atoms with Gasteiger partial charge >= 0.3 is 0 Å². The highest BCUT2D eigenvalue weighted by Crippen LogP contribution is 2.29. The lowest BCUT2D eigenvalue weighted by atomic mass is 10.2. The average Bonchev–Trinajstić information content (AvgIpc) is 3.28. The second kappa shape index (κ2) is 8.31. The Balaban J connectivity index is 1.60. The minimum absolute atomic E-state index is 0.307. The molecule has 3 rings (SSSR count). The van der Waals surface area contributed by atoms with E-state index in [0.717, 1.165) is 18.5 Å². The molecular weight excluding hydrogens is 340 g/mol. The monoisotopic (exact) mass is 362 g/mol. The van der Waals surface area contributed by atoms with Crippen molar-refractivity contribution in [1.82, 2.24) is 14.9 Å². The van der Waals surface area contributed by atoms with E-state index >= 15 is 0 Å². The van der Waals surface area contributed by atoms with Gasteiger partial charge in [0.05, 0.1) is 28.9 Å². The van der Waals surface area contributed by atoms with E-state index in [1.54, 1.807) is 18.6 Å². The molecule has 134 valence electrons. The molecule has 1 fully saturated rings. The standard InChI is InChI=1S/C17H23ClN6O/c1-12-14(18)15(13-5-10-25-11-13)22-17(21-12)23-16(19)20-6-4-9-24-7-2-3-8-24/h5,10-11H,2-4,6-9H2,1H3,(H3,19,20,21,22,23). The molecule has 0 unspecified atom stereocenters. The Kier molecular flexibility index (Phi) is 5.88. The van der Waals surface area contributed by atoms with Gasteiger partial charge in [-0.05, 0) is 51.9 Å². The third-order valence-corrected chi connectivity index (χ3v) is 4.62. The fourth-order valence-electron chi connectivity index (χ4n) is 2.86. The van der Waals surface area contributed by atoms with Gasteiger partial charge in [0.15, 0.2) is 5.96 Å². The van der Waals surface area contributed by atoms with E-state index in [4.69, 9.17) is 21.8 Å². The topological polar surface area (TPSA) is 92.6 Å². The van der Waals surface area contributed by atoms with E-state index < -0.39 is 0 Å². The van der Waals surface area contributed by atoms with Crippen molar-refractivity contribution in [2.75, 3.05) is 31.5 Å². The Bertz CT molecular complexity index is 725. The third-order valence-electron chi connectivity index (χ3n) is 4.16. The average molecular weight is 363 g/mol. The summed E-state index contributed by atoms with van der Waals surface area (Å²) in [6.45, 7) is 5.97. The third kappa shape index (κ3) is 4.70. The smallest absolute Gasteiger partial charge is 0.230 e. The maximum atomic E-state index is 6.30. The van der Waals surface area contributed by atoms with Crippen molar-refractivity contribution in [2.45, 2.75) is 26.2 Å². The Hall–Kier alpha value is -2.12. The van der Waals surface area contributed by atoms with Crippen molar-refractivity contribution in [3.05, 3.63) is 29.3 Å². The van der Waals surface area contributed by atoms with E-state index in [9.17, 15) is 0 Å². The SMILES string of the molecule is Cc1nc(NC(N)=NCCCN2CCCC2)nc(-c2ccoc2)c1Cl. The second-order valence-corrected chi connectivity index (χ2v) is 6.48. The molecule has 1 aliphatic heterocycles. The van der Waals surface area contributed by atoms with E-state index in [1.807, 2.05) is 6.92 Å². The molecule has 2 aromatic heterocycles. The van der Waals surface area contributed by atoms with Crippen LogP contribution >= 0.6 is 11.6 Å². The fourth-order valence-corrected chi connectivity index (χ4v) is 3.05. The van der Waals surface area contributed by atoms with Gasteiger partial charge in [-0.2, -0.15) is 0 Å². The number of nitrogens with zero attached hydrogens (tertiary/aromatic N) is 4. The first kappa shape index (κ1) is 17.7. The summed E-state index contributed by atoms with van der Waals surface area (Å²) < 4.78 is 5.10. The van der Waals surface area contributed by atoms with Crippen LogP contribution in [0, 0.1) is 6.92 Å². The highest BCUT2D eigenvalue weighted by atomic mass is 35.5. The van der Waals surface area contributed by atoms with Gasteiger partial charge in [-0.1, -0.05) is 11.6 Å². The molecule has 0 atom stereocenters.